The Morgan fingerprint density at radius 3 is 2.85 bits per heavy atom. The van der Waals surface area contributed by atoms with Crippen molar-refractivity contribution in [1.82, 2.24) is 20.1 Å². The van der Waals surface area contributed by atoms with Gasteiger partial charge in [0.25, 0.3) is 0 Å². The molecule has 0 atom stereocenters. The normalized spacial score (nSPS) is 17.2. The maximum atomic E-state index is 11.5. The minimum Gasteiger partial charge on any atom is -0.481 e. The highest BCUT2D eigenvalue weighted by molar-refractivity contribution is 5.75. The quantitative estimate of drug-likeness (QED) is 0.905. The van der Waals surface area contributed by atoms with Gasteiger partial charge >= 0.3 is 5.97 Å². The Morgan fingerprint density at radius 2 is 2.20 bits per heavy atom. The van der Waals surface area contributed by atoms with E-state index < -0.39 is 11.4 Å². The molecule has 0 bridgehead atoms. The largest absolute Gasteiger partial charge is 0.481 e. The molecule has 20 heavy (non-hydrogen) atoms. The van der Waals surface area contributed by atoms with Crippen LogP contribution in [0.4, 0.5) is 0 Å². The number of hydrogen-bond donors (Lipinski definition) is 1. The Labute approximate surface area is 115 Å². The Kier molecular flexibility index (Phi) is 3.17. The van der Waals surface area contributed by atoms with Crippen molar-refractivity contribution in [3.63, 3.8) is 0 Å². The number of rotatable bonds is 4. The molecule has 1 fully saturated rings. The Hall–Kier alpha value is -2.31. The summed E-state index contributed by atoms with van der Waals surface area (Å²) >= 11 is 0. The third kappa shape index (κ3) is 2.26. The zero-order valence-electron chi connectivity index (χ0n) is 10.8. The highest BCUT2D eigenvalue weighted by Crippen LogP contribution is 2.41. The molecule has 2 aromatic rings. The number of aliphatic carboxylic acids is 1. The van der Waals surface area contributed by atoms with Gasteiger partial charge in [-0.1, -0.05) is 18.0 Å². The molecular formula is C13H14N4O3. The van der Waals surface area contributed by atoms with E-state index in [9.17, 15) is 9.90 Å². The molecular weight excluding hydrogens is 260 g/mol. The lowest BCUT2D eigenvalue weighted by atomic mass is 9.83. The summed E-state index contributed by atoms with van der Waals surface area (Å²) in [4.78, 5) is 23.6. The van der Waals surface area contributed by atoms with Crippen molar-refractivity contribution in [1.29, 1.82) is 0 Å². The van der Waals surface area contributed by atoms with Crippen LogP contribution in [0.5, 0.6) is 0 Å². The molecule has 0 amide bonds. The Bertz CT molecular complexity index is 605. The first-order valence-electron chi connectivity index (χ1n) is 6.52. The van der Waals surface area contributed by atoms with Crippen LogP contribution in [0.25, 0.3) is 11.5 Å². The van der Waals surface area contributed by atoms with Crippen molar-refractivity contribution < 1.29 is 14.4 Å². The van der Waals surface area contributed by atoms with Crippen molar-refractivity contribution in [2.45, 2.75) is 32.1 Å². The lowest BCUT2D eigenvalue weighted by Gasteiger charge is -2.21. The van der Waals surface area contributed by atoms with Gasteiger partial charge in [-0.3, -0.25) is 4.79 Å². The number of carboxylic acid groups (broad SMARTS) is 1. The van der Waals surface area contributed by atoms with Gasteiger partial charge < -0.3 is 9.63 Å². The zero-order chi connectivity index (χ0) is 14.0. The summed E-state index contributed by atoms with van der Waals surface area (Å²) in [6.07, 6.45) is 6.45. The summed E-state index contributed by atoms with van der Waals surface area (Å²) in [5.74, 6) is -0.0689. The molecule has 2 aromatic heterocycles. The van der Waals surface area contributed by atoms with Crippen LogP contribution in [0.2, 0.25) is 0 Å². The molecule has 104 valence electrons. The Morgan fingerprint density at radius 1 is 1.40 bits per heavy atom. The van der Waals surface area contributed by atoms with Crippen LogP contribution in [0.3, 0.4) is 0 Å². The van der Waals surface area contributed by atoms with Gasteiger partial charge in [0.05, 0.1) is 5.41 Å². The zero-order valence-corrected chi connectivity index (χ0v) is 10.8. The molecule has 7 heteroatoms. The fourth-order valence-corrected chi connectivity index (χ4v) is 2.66. The summed E-state index contributed by atoms with van der Waals surface area (Å²) in [6.45, 7) is 0. The van der Waals surface area contributed by atoms with Gasteiger partial charge in [-0.05, 0) is 18.9 Å². The lowest BCUT2D eigenvalue weighted by molar-refractivity contribution is -0.148. The second-order valence-corrected chi connectivity index (χ2v) is 5.08. The van der Waals surface area contributed by atoms with Gasteiger partial charge in [0.2, 0.25) is 11.7 Å². The van der Waals surface area contributed by atoms with Gasteiger partial charge in [-0.2, -0.15) is 4.98 Å². The number of carboxylic acids is 1. The van der Waals surface area contributed by atoms with E-state index >= 15 is 0 Å². The fourth-order valence-electron chi connectivity index (χ4n) is 2.66. The van der Waals surface area contributed by atoms with E-state index in [1.165, 1.54) is 6.33 Å². The molecule has 1 saturated carbocycles. The van der Waals surface area contributed by atoms with Gasteiger partial charge in [0.15, 0.2) is 0 Å². The van der Waals surface area contributed by atoms with Crippen molar-refractivity contribution >= 4 is 5.97 Å². The molecule has 1 N–H and O–H groups in total. The number of aromatic nitrogens is 4. The molecule has 1 aliphatic rings. The molecule has 0 saturated heterocycles. The topological polar surface area (TPSA) is 102 Å². The maximum absolute atomic E-state index is 11.5. The smallest absolute Gasteiger partial charge is 0.310 e. The number of hydrogen-bond acceptors (Lipinski definition) is 6. The SMILES string of the molecule is O=C(O)C1(Cc2nc(-c3ccncn3)no2)CCCC1. The van der Waals surface area contributed by atoms with Gasteiger partial charge in [-0.25, -0.2) is 9.97 Å². The molecule has 2 heterocycles. The minimum atomic E-state index is -0.781. The second kappa shape index (κ2) is 4.99. The Balaban J connectivity index is 1.82. The van der Waals surface area contributed by atoms with Crippen molar-refractivity contribution in [3.05, 3.63) is 24.5 Å². The summed E-state index contributed by atoms with van der Waals surface area (Å²) in [5.41, 5.74) is -0.194. The number of carbonyl (C=O) groups is 1. The van der Waals surface area contributed by atoms with Crippen molar-refractivity contribution in [2.24, 2.45) is 5.41 Å². The standard InChI is InChI=1S/C13H14N4O3/c18-12(19)13(4-1-2-5-13)7-10-16-11(17-20-10)9-3-6-14-8-15-9/h3,6,8H,1-2,4-5,7H2,(H,18,19). The molecule has 1 aliphatic carbocycles. The molecule has 0 unspecified atom stereocenters. The van der Waals surface area contributed by atoms with Crippen LogP contribution in [0, 0.1) is 5.41 Å². The first-order valence-corrected chi connectivity index (χ1v) is 6.52. The maximum Gasteiger partial charge on any atom is 0.310 e. The van der Waals surface area contributed by atoms with Crippen LogP contribution in [-0.4, -0.2) is 31.2 Å². The molecule has 0 aliphatic heterocycles. The van der Waals surface area contributed by atoms with E-state index in [4.69, 9.17) is 4.52 Å². The monoisotopic (exact) mass is 274 g/mol. The molecule has 7 nitrogen and oxygen atoms in total. The molecule has 0 radical (unpaired) electrons. The van der Waals surface area contributed by atoms with Crippen LogP contribution in [0.15, 0.2) is 23.1 Å². The highest BCUT2D eigenvalue weighted by Gasteiger charge is 2.42. The van der Waals surface area contributed by atoms with Crippen LogP contribution in [-0.2, 0) is 11.2 Å². The van der Waals surface area contributed by atoms with E-state index in [-0.39, 0.29) is 6.42 Å². The van der Waals surface area contributed by atoms with E-state index in [1.807, 2.05) is 0 Å². The van der Waals surface area contributed by atoms with E-state index in [0.29, 0.717) is 30.3 Å². The molecule has 3 rings (SSSR count). The highest BCUT2D eigenvalue weighted by atomic mass is 16.5. The van der Waals surface area contributed by atoms with Crippen LogP contribution in [0.1, 0.15) is 31.6 Å². The second-order valence-electron chi connectivity index (χ2n) is 5.08. The van der Waals surface area contributed by atoms with Gasteiger partial charge in [0.1, 0.15) is 12.0 Å². The summed E-state index contributed by atoms with van der Waals surface area (Å²) in [5, 5.41) is 13.3. The first kappa shape index (κ1) is 12.7. The average molecular weight is 274 g/mol. The van der Waals surface area contributed by atoms with Crippen LogP contribution >= 0.6 is 0 Å². The summed E-state index contributed by atoms with van der Waals surface area (Å²) < 4.78 is 5.17. The number of nitrogens with zero attached hydrogens (tertiary/aromatic N) is 4. The third-order valence-electron chi connectivity index (χ3n) is 3.78. The molecule has 0 spiro atoms. The summed E-state index contributed by atoms with van der Waals surface area (Å²) in [7, 11) is 0. The fraction of sp³-hybridized carbons (Fsp3) is 0.462. The third-order valence-corrected chi connectivity index (χ3v) is 3.78. The summed E-state index contributed by atoms with van der Waals surface area (Å²) in [6, 6.07) is 1.68. The lowest BCUT2D eigenvalue weighted by Crippen LogP contribution is -2.30. The molecule has 0 aromatic carbocycles. The minimum absolute atomic E-state index is 0.278. The van der Waals surface area contributed by atoms with E-state index in [1.54, 1.807) is 12.3 Å². The van der Waals surface area contributed by atoms with Crippen molar-refractivity contribution in [2.75, 3.05) is 0 Å². The average Bonchev–Trinajstić information content (AvgIpc) is 3.10. The first-order chi connectivity index (χ1) is 9.70. The van der Waals surface area contributed by atoms with Gasteiger partial charge in [0, 0.05) is 12.6 Å². The van der Waals surface area contributed by atoms with Crippen molar-refractivity contribution in [3.8, 4) is 11.5 Å². The van der Waals surface area contributed by atoms with E-state index in [0.717, 1.165) is 12.8 Å². The van der Waals surface area contributed by atoms with Gasteiger partial charge in [-0.15, -0.1) is 0 Å². The van der Waals surface area contributed by atoms with Crippen LogP contribution < -0.4 is 0 Å². The predicted molar refractivity (Wildman–Crippen MR) is 67.6 cm³/mol. The predicted octanol–water partition coefficient (Wildman–Crippen LogP) is 1.71. The van der Waals surface area contributed by atoms with E-state index in [2.05, 4.69) is 20.1 Å².